The van der Waals surface area contributed by atoms with Crippen LogP contribution in [0.25, 0.3) is 5.76 Å². The van der Waals surface area contributed by atoms with E-state index < -0.39 is 23.7 Å². The van der Waals surface area contributed by atoms with Crippen LogP contribution in [-0.2, 0) is 14.4 Å². The zero-order valence-electron chi connectivity index (χ0n) is 17.3. The number of carbonyl (C=O) groups is 3. The highest BCUT2D eigenvalue weighted by Crippen LogP contribution is 2.42. The van der Waals surface area contributed by atoms with Crippen molar-refractivity contribution in [3.63, 3.8) is 0 Å². The molecule has 0 bridgehead atoms. The fourth-order valence-electron chi connectivity index (χ4n) is 3.62. The van der Waals surface area contributed by atoms with Gasteiger partial charge in [-0.3, -0.25) is 14.4 Å². The van der Waals surface area contributed by atoms with Crippen molar-refractivity contribution in [2.75, 3.05) is 13.7 Å². The number of benzene rings is 2. The highest BCUT2D eigenvalue weighted by molar-refractivity contribution is 6.46. The van der Waals surface area contributed by atoms with Gasteiger partial charge in [0.2, 0.25) is 0 Å². The molecule has 0 aromatic heterocycles. The van der Waals surface area contributed by atoms with Crippen molar-refractivity contribution < 1.29 is 29.0 Å². The number of nitrogens with zero attached hydrogens (tertiary/aromatic N) is 1. The minimum atomic E-state index is -0.862. The van der Waals surface area contributed by atoms with E-state index in [2.05, 4.69) is 0 Å². The molecule has 8 heteroatoms. The number of methoxy groups -OCH3 is 1. The van der Waals surface area contributed by atoms with Crippen LogP contribution in [0, 0.1) is 0 Å². The van der Waals surface area contributed by atoms with Crippen molar-refractivity contribution in [1.29, 1.82) is 0 Å². The second kappa shape index (κ2) is 9.22. The topological polar surface area (TPSA) is 93.1 Å². The van der Waals surface area contributed by atoms with Crippen LogP contribution in [0.4, 0.5) is 0 Å². The molecule has 1 N–H and O–H groups in total. The summed E-state index contributed by atoms with van der Waals surface area (Å²) in [6, 6.07) is 10.3. The first-order valence-corrected chi connectivity index (χ1v) is 10.1. The van der Waals surface area contributed by atoms with Gasteiger partial charge in [-0.2, -0.15) is 0 Å². The average molecular weight is 444 g/mol. The molecule has 1 amide bonds. The van der Waals surface area contributed by atoms with Crippen LogP contribution in [0.15, 0.2) is 48.0 Å². The van der Waals surface area contributed by atoms with Crippen molar-refractivity contribution in [3.05, 3.63) is 64.2 Å². The molecule has 162 valence electrons. The first kappa shape index (κ1) is 22.4. The number of halogens is 1. The minimum absolute atomic E-state index is 0.0843. The quantitative estimate of drug-likeness (QED) is 0.237. The molecule has 2 aromatic carbocycles. The van der Waals surface area contributed by atoms with Gasteiger partial charge in [0.05, 0.1) is 24.3 Å². The summed E-state index contributed by atoms with van der Waals surface area (Å²) in [5.41, 5.74) is 0.638. The van der Waals surface area contributed by atoms with Gasteiger partial charge in [-0.05, 0) is 42.3 Å². The molecule has 1 heterocycles. The van der Waals surface area contributed by atoms with Gasteiger partial charge in [-0.1, -0.05) is 30.7 Å². The third-order valence-electron chi connectivity index (χ3n) is 4.86. The number of aliphatic hydroxyl groups is 1. The summed E-state index contributed by atoms with van der Waals surface area (Å²) in [5.74, 6) is -1.84. The molecule has 31 heavy (non-hydrogen) atoms. The van der Waals surface area contributed by atoms with E-state index in [0.29, 0.717) is 29.3 Å². The number of amides is 1. The maximum absolute atomic E-state index is 13.0. The van der Waals surface area contributed by atoms with Gasteiger partial charge >= 0.3 is 5.97 Å². The largest absolute Gasteiger partial charge is 0.507 e. The van der Waals surface area contributed by atoms with Crippen molar-refractivity contribution in [2.24, 2.45) is 0 Å². The van der Waals surface area contributed by atoms with Crippen molar-refractivity contribution in [2.45, 2.75) is 26.3 Å². The lowest BCUT2D eigenvalue weighted by Gasteiger charge is -2.25. The molecule has 2 aromatic rings. The molecule has 0 spiro atoms. The predicted molar refractivity (Wildman–Crippen MR) is 115 cm³/mol. The number of ketones is 1. The Morgan fingerprint density at radius 1 is 1.19 bits per heavy atom. The first-order chi connectivity index (χ1) is 14.8. The van der Waals surface area contributed by atoms with Crippen molar-refractivity contribution >= 4 is 35.0 Å². The average Bonchev–Trinajstić information content (AvgIpc) is 2.98. The van der Waals surface area contributed by atoms with E-state index in [0.717, 1.165) is 0 Å². The van der Waals surface area contributed by atoms with Crippen molar-refractivity contribution in [1.82, 2.24) is 4.90 Å². The van der Waals surface area contributed by atoms with Gasteiger partial charge in [0, 0.05) is 18.5 Å². The lowest BCUT2D eigenvalue weighted by molar-refractivity contribution is -0.139. The molecule has 1 atom stereocenters. The van der Waals surface area contributed by atoms with E-state index in [9.17, 15) is 19.5 Å². The Kier molecular flexibility index (Phi) is 6.65. The Bertz CT molecular complexity index is 1080. The normalized spacial score (nSPS) is 17.7. The zero-order valence-corrected chi connectivity index (χ0v) is 18.1. The van der Waals surface area contributed by atoms with Crippen LogP contribution in [0.3, 0.4) is 0 Å². The number of likely N-dealkylation sites (tertiary alicyclic amines) is 1. The van der Waals surface area contributed by atoms with Gasteiger partial charge < -0.3 is 19.5 Å². The number of esters is 1. The fourth-order valence-corrected chi connectivity index (χ4v) is 3.79. The monoisotopic (exact) mass is 443 g/mol. The predicted octanol–water partition coefficient (Wildman–Crippen LogP) is 4.11. The van der Waals surface area contributed by atoms with Crippen LogP contribution < -0.4 is 9.47 Å². The first-order valence-electron chi connectivity index (χ1n) is 9.69. The van der Waals surface area contributed by atoms with Crippen LogP contribution in [0.1, 0.15) is 37.4 Å². The Morgan fingerprint density at radius 3 is 2.58 bits per heavy atom. The maximum Gasteiger partial charge on any atom is 0.308 e. The van der Waals surface area contributed by atoms with Crippen LogP contribution in [0.2, 0.25) is 5.02 Å². The number of carbonyl (C=O) groups excluding carboxylic acids is 3. The third-order valence-corrected chi connectivity index (χ3v) is 5.09. The van der Waals surface area contributed by atoms with Gasteiger partial charge in [-0.25, -0.2) is 0 Å². The van der Waals surface area contributed by atoms with Crippen LogP contribution in [-0.4, -0.2) is 41.3 Å². The number of hydrogen-bond donors (Lipinski definition) is 1. The highest BCUT2D eigenvalue weighted by atomic mass is 35.5. The summed E-state index contributed by atoms with van der Waals surface area (Å²) in [4.78, 5) is 38.5. The van der Waals surface area contributed by atoms with Crippen molar-refractivity contribution in [3.8, 4) is 11.5 Å². The number of ether oxygens (including phenoxy) is 2. The standard InChI is InChI=1S/C23H22ClNO6/c1-4-10-25-20(14-6-5-7-16(11-14)31-13(2)26)19(22(28)23(25)29)21(27)17-12-15(24)8-9-18(17)30-3/h5-9,11-12,20,27H,4,10H2,1-3H3/b21-19+. The molecule has 0 saturated carbocycles. The lowest BCUT2D eigenvalue weighted by Crippen LogP contribution is -2.30. The smallest absolute Gasteiger partial charge is 0.308 e. The number of rotatable bonds is 6. The van der Waals surface area contributed by atoms with Gasteiger partial charge in [0.25, 0.3) is 11.7 Å². The Morgan fingerprint density at radius 2 is 1.94 bits per heavy atom. The third kappa shape index (κ3) is 4.41. The molecule has 1 aliphatic heterocycles. The second-order valence-corrected chi connectivity index (χ2v) is 7.44. The summed E-state index contributed by atoms with van der Waals surface area (Å²) in [7, 11) is 1.43. The molecule has 0 aliphatic carbocycles. The van der Waals surface area contributed by atoms with Crippen LogP contribution in [0.5, 0.6) is 11.5 Å². The van der Waals surface area contributed by atoms with Crippen LogP contribution >= 0.6 is 11.6 Å². The molecular weight excluding hydrogens is 422 g/mol. The van der Waals surface area contributed by atoms with E-state index in [1.807, 2.05) is 6.92 Å². The van der Waals surface area contributed by atoms with E-state index >= 15 is 0 Å². The molecular formula is C23H22ClNO6. The summed E-state index contributed by atoms with van der Waals surface area (Å²) in [6.07, 6.45) is 0.605. The summed E-state index contributed by atoms with van der Waals surface area (Å²) in [6.45, 7) is 3.46. The molecule has 1 aliphatic rings. The van der Waals surface area contributed by atoms with Gasteiger partial charge in [-0.15, -0.1) is 0 Å². The second-order valence-electron chi connectivity index (χ2n) is 7.00. The maximum atomic E-state index is 13.0. The zero-order chi connectivity index (χ0) is 22.7. The molecule has 1 unspecified atom stereocenters. The number of hydrogen-bond acceptors (Lipinski definition) is 6. The van der Waals surface area contributed by atoms with Gasteiger partial charge in [0.15, 0.2) is 0 Å². The number of aliphatic hydroxyl groups excluding tert-OH is 1. The molecule has 0 radical (unpaired) electrons. The number of Topliss-reactive ketones (excluding diaryl/α,β-unsaturated/α-hetero) is 1. The SMILES string of the molecule is CCCN1C(=O)C(=O)/C(=C(/O)c2cc(Cl)ccc2OC)C1c1cccc(OC(C)=O)c1. The summed E-state index contributed by atoms with van der Waals surface area (Å²) in [5, 5.41) is 11.5. The molecule has 1 saturated heterocycles. The molecule has 3 rings (SSSR count). The van der Waals surface area contributed by atoms with E-state index in [4.69, 9.17) is 21.1 Å². The Balaban J connectivity index is 2.23. The van der Waals surface area contributed by atoms with E-state index in [1.165, 1.54) is 25.0 Å². The fraction of sp³-hybridized carbons (Fsp3) is 0.261. The van der Waals surface area contributed by atoms with E-state index in [-0.39, 0.29) is 22.6 Å². The molecule has 1 fully saturated rings. The summed E-state index contributed by atoms with van der Waals surface area (Å²) < 4.78 is 10.5. The minimum Gasteiger partial charge on any atom is -0.507 e. The summed E-state index contributed by atoms with van der Waals surface area (Å²) >= 11 is 6.09. The van der Waals surface area contributed by atoms with Gasteiger partial charge in [0.1, 0.15) is 17.3 Å². The van der Waals surface area contributed by atoms with E-state index in [1.54, 1.807) is 36.4 Å². The Hall–Kier alpha value is -3.32. The molecule has 7 nitrogen and oxygen atoms in total. The lowest BCUT2D eigenvalue weighted by atomic mass is 9.94. The highest BCUT2D eigenvalue weighted by Gasteiger charge is 2.46. The Labute approximate surface area is 184 Å².